The minimum atomic E-state index is -0.408. The van der Waals surface area contributed by atoms with Crippen molar-refractivity contribution in [3.05, 3.63) is 66.0 Å². The summed E-state index contributed by atoms with van der Waals surface area (Å²) in [6.07, 6.45) is 5.03. The van der Waals surface area contributed by atoms with Gasteiger partial charge < -0.3 is 10.1 Å². The second-order valence-corrected chi connectivity index (χ2v) is 9.49. The van der Waals surface area contributed by atoms with Gasteiger partial charge in [-0.15, -0.1) is 10.2 Å². The monoisotopic (exact) mass is 493 g/mol. The molecule has 3 amide bonds. The van der Waals surface area contributed by atoms with E-state index in [0.29, 0.717) is 23.9 Å². The fourth-order valence-corrected chi connectivity index (χ4v) is 5.03. The van der Waals surface area contributed by atoms with Crippen LogP contribution in [0.1, 0.15) is 50.4 Å². The summed E-state index contributed by atoms with van der Waals surface area (Å²) in [5.41, 5.74) is 2.06. The number of thioether (sulfide) groups is 1. The molecule has 4 rings (SSSR count). The van der Waals surface area contributed by atoms with Crippen molar-refractivity contribution < 1.29 is 14.3 Å². The number of carbonyl (C=O) groups excluding carboxylic acids is 2. The van der Waals surface area contributed by atoms with Crippen molar-refractivity contribution in [1.82, 2.24) is 25.4 Å². The van der Waals surface area contributed by atoms with E-state index in [1.54, 1.807) is 0 Å². The lowest BCUT2D eigenvalue weighted by Gasteiger charge is -2.13. The van der Waals surface area contributed by atoms with Gasteiger partial charge in [-0.3, -0.25) is 14.7 Å². The Bertz CT molecular complexity index is 1110. The first-order valence-electron chi connectivity index (χ1n) is 12.1. The molecule has 8 nitrogen and oxygen atoms in total. The SMILES string of the molecule is CCOc1ccc(-n2c(Cc3ccccc3)nnc2SCCC(=O)NC(=O)NC2CCCC2)cc1. The van der Waals surface area contributed by atoms with Gasteiger partial charge in [0.2, 0.25) is 5.91 Å². The zero-order valence-corrected chi connectivity index (χ0v) is 20.7. The number of nitrogens with zero attached hydrogens (tertiary/aromatic N) is 3. The summed E-state index contributed by atoms with van der Waals surface area (Å²) in [4.78, 5) is 24.3. The van der Waals surface area contributed by atoms with Crippen LogP contribution in [-0.2, 0) is 11.2 Å². The normalized spacial score (nSPS) is 13.5. The number of imide groups is 1. The number of carbonyl (C=O) groups is 2. The van der Waals surface area contributed by atoms with Crippen molar-refractivity contribution in [3.8, 4) is 11.4 Å². The third-order valence-electron chi connectivity index (χ3n) is 5.81. The molecule has 0 radical (unpaired) electrons. The lowest BCUT2D eigenvalue weighted by Crippen LogP contribution is -2.43. The average molecular weight is 494 g/mol. The van der Waals surface area contributed by atoms with Gasteiger partial charge in [-0.1, -0.05) is 54.9 Å². The summed E-state index contributed by atoms with van der Waals surface area (Å²) in [6, 6.07) is 17.7. The van der Waals surface area contributed by atoms with Gasteiger partial charge in [0.25, 0.3) is 0 Å². The predicted octanol–water partition coefficient (Wildman–Crippen LogP) is 4.51. The highest BCUT2D eigenvalue weighted by Gasteiger charge is 2.19. The minimum Gasteiger partial charge on any atom is -0.494 e. The fourth-order valence-electron chi connectivity index (χ4n) is 4.12. The van der Waals surface area contributed by atoms with Crippen LogP contribution >= 0.6 is 11.8 Å². The molecule has 0 saturated heterocycles. The van der Waals surface area contributed by atoms with Gasteiger partial charge in [-0.2, -0.15) is 0 Å². The van der Waals surface area contributed by atoms with E-state index >= 15 is 0 Å². The predicted molar refractivity (Wildman–Crippen MR) is 136 cm³/mol. The summed E-state index contributed by atoms with van der Waals surface area (Å²) in [5.74, 6) is 1.78. The molecule has 2 N–H and O–H groups in total. The van der Waals surface area contributed by atoms with E-state index in [2.05, 4.69) is 33.0 Å². The summed E-state index contributed by atoms with van der Waals surface area (Å²) >= 11 is 1.44. The Morgan fingerprint density at radius 1 is 1.06 bits per heavy atom. The third kappa shape index (κ3) is 7.08. The van der Waals surface area contributed by atoms with E-state index in [0.717, 1.165) is 48.5 Å². The van der Waals surface area contributed by atoms with Crippen LogP contribution in [0.5, 0.6) is 5.75 Å². The Hall–Kier alpha value is -3.33. The maximum Gasteiger partial charge on any atom is 0.321 e. The van der Waals surface area contributed by atoms with Gasteiger partial charge in [-0.05, 0) is 49.6 Å². The summed E-state index contributed by atoms with van der Waals surface area (Å²) in [5, 5.41) is 14.9. The van der Waals surface area contributed by atoms with E-state index < -0.39 is 6.03 Å². The third-order valence-corrected chi connectivity index (χ3v) is 6.75. The lowest BCUT2D eigenvalue weighted by atomic mass is 10.1. The van der Waals surface area contributed by atoms with Gasteiger partial charge in [0.15, 0.2) is 5.16 Å². The molecule has 35 heavy (non-hydrogen) atoms. The standard InChI is InChI=1S/C26H31N5O3S/c1-2-34-22-14-12-21(13-15-22)31-23(18-19-8-4-3-5-9-19)29-30-26(31)35-17-16-24(32)28-25(33)27-20-10-6-7-11-20/h3-5,8-9,12-15,20H,2,6-7,10-11,16-18H2,1H3,(H2,27,28,32,33). The molecule has 1 heterocycles. The smallest absolute Gasteiger partial charge is 0.321 e. The number of rotatable bonds is 10. The van der Waals surface area contributed by atoms with Gasteiger partial charge in [0, 0.05) is 30.3 Å². The Morgan fingerprint density at radius 3 is 2.51 bits per heavy atom. The highest BCUT2D eigenvalue weighted by atomic mass is 32.2. The lowest BCUT2D eigenvalue weighted by molar-refractivity contribution is -0.119. The van der Waals surface area contributed by atoms with Crippen LogP contribution in [0.15, 0.2) is 59.8 Å². The molecular weight excluding hydrogens is 462 g/mol. The fraction of sp³-hybridized carbons (Fsp3) is 0.385. The van der Waals surface area contributed by atoms with Crippen LogP contribution in [0.2, 0.25) is 0 Å². The summed E-state index contributed by atoms with van der Waals surface area (Å²) in [7, 11) is 0. The van der Waals surface area contributed by atoms with Crippen molar-refractivity contribution in [3.63, 3.8) is 0 Å². The minimum absolute atomic E-state index is 0.174. The quantitative estimate of drug-likeness (QED) is 0.404. The molecule has 0 unspecified atom stereocenters. The number of hydrogen-bond donors (Lipinski definition) is 2. The molecule has 0 atom stereocenters. The molecule has 1 fully saturated rings. The Balaban J connectivity index is 1.41. The number of nitrogens with one attached hydrogen (secondary N) is 2. The first-order chi connectivity index (χ1) is 17.1. The van der Waals surface area contributed by atoms with Crippen molar-refractivity contribution in [2.45, 2.75) is 56.6 Å². The summed E-state index contributed by atoms with van der Waals surface area (Å²) < 4.78 is 7.59. The molecule has 3 aromatic rings. The summed E-state index contributed by atoms with van der Waals surface area (Å²) in [6.45, 7) is 2.56. The van der Waals surface area contributed by atoms with Crippen LogP contribution in [0.25, 0.3) is 5.69 Å². The molecule has 1 saturated carbocycles. The molecule has 0 aliphatic heterocycles. The van der Waals surface area contributed by atoms with Crippen LogP contribution in [0.3, 0.4) is 0 Å². The zero-order valence-electron chi connectivity index (χ0n) is 19.9. The van der Waals surface area contributed by atoms with Crippen molar-refractivity contribution in [2.75, 3.05) is 12.4 Å². The number of amides is 3. The van der Waals surface area contributed by atoms with Crippen molar-refractivity contribution >= 4 is 23.7 Å². The topological polar surface area (TPSA) is 98.1 Å². The largest absolute Gasteiger partial charge is 0.494 e. The van der Waals surface area contributed by atoms with Gasteiger partial charge in [-0.25, -0.2) is 4.79 Å². The Kier molecular flexibility index (Phi) is 8.78. The molecule has 1 aliphatic carbocycles. The van der Waals surface area contributed by atoms with E-state index in [1.807, 2.05) is 54.0 Å². The molecule has 1 aromatic heterocycles. The number of hydrogen-bond acceptors (Lipinski definition) is 6. The Labute approximate surface area is 209 Å². The van der Waals surface area contributed by atoms with Crippen LogP contribution in [0, 0.1) is 0 Å². The molecule has 1 aliphatic rings. The van der Waals surface area contributed by atoms with Crippen LogP contribution in [0.4, 0.5) is 4.79 Å². The van der Waals surface area contributed by atoms with Crippen molar-refractivity contribution in [2.24, 2.45) is 0 Å². The van der Waals surface area contributed by atoms with Gasteiger partial charge in [0.05, 0.1) is 6.61 Å². The van der Waals surface area contributed by atoms with Crippen LogP contribution in [-0.4, -0.2) is 45.1 Å². The molecule has 9 heteroatoms. The number of urea groups is 1. The zero-order chi connectivity index (χ0) is 24.5. The van der Waals surface area contributed by atoms with E-state index in [4.69, 9.17) is 4.74 Å². The second kappa shape index (κ2) is 12.4. The maximum absolute atomic E-state index is 12.3. The van der Waals surface area contributed by atoms with Crippen molar-refractivity contribution in [1.29, 1.82) is 0 Å². The van der Waals surface area contributed by atoms with E-state index in [9.17, 15) is 9.59 Å². The van der Waals surface area contributed by atoms with Crippen LogP contribution < -0.4 is 15.4 Å². The molecule has 0 bridgehead atoms. The van der Waals surface area contributed by atoms with Gasteiger partial charge >= 0.3 is 6.03 Å². The molecule has 184 valence electrons. The Morgan fingerprint density at radius 2 is 1.80 bits per heavy atom. The maximum atomic E-state index is 12.3. The average Bonchev–Trinajstić information content (AvgIpc) is 3.50. The number of ether oxygens (including phenoxy) is 1. The molecule has 2 aromatic carbocycles. The molecule has 0 spiro atoms. The highest BCUT2D eigenvalue weighted by molar-refractivity contribution is 7.99. The van der Waals surface area contributed by atoms with E-state index in [-0.39, 0.29) is 18.4 Å². The van der Waals surface area contributed by atoms with Gasteiger partial charge in [0.1, 0.15) is 11.6 Å². The first-order valence-corrected chi connectivity index (χ1v) is 13.1. The van der Waals surface area contributed by atoms with E-state index in [1.165, 1.54) is 11.8 Å². The first kappa shape index (κ1) is 24.8. The molecular formula is C26H31N5O3S. The number of aromatic nitrogens is 3. The highest BCUT2D eigenvalue weighted by Crippen LogP contribution is 2.25. The second-order valence-electron chi connectivity index (χ2n) is 8.42. The number of benzene rings is 2.